The monoisotopic (exact) mass is 220 g/mol. The Morgan fingerprint density at radius 1 is 1.29 bits per heavy atom. The van der Waals surface area contributed by atoms with Gasteiger partial charge in [0.15, 0.2) is 0 Å². The molecule has 0 aliphatic rings. The van der Waals surface area contributed by atoms with Crippen LogP contribution in [-0.4, -0.2) is 15.5 Å². The highest BCUT2D eigenvalue weighted by molar-refractivity contribution is 7.81. The third kappa shape index (κ3) is 3.41. The summed E-state index contributed by atoms with van der Waals surface area (Å²) >= 11 is 0. The van der Waals surface area contributed by atoms with E-state index in [0.717, 1.165) is 7.11 Å². The predicted octanol–water partition coefficient (Wildman–Crippen LogP) is 1.23. The van der Waals surface area contributed by atoms with Crippen LogP contribution in [0.1, 0.15) is 5.56 Å². The van der Waals surface area contributed by atoms with Crippen molar-refractivity contribution in [2.75, 3.05) is 7.11 Å². The molecule has 0 aliphatic carbocycles. The Hall–Kier alpha value is -0.980. The van der Waals surface area contributed by atoms with Crippen molar-refractivity contribution in [3.63, 3.8) is 0 Å². The van der Waals surface area contributed by atoms with E-state index in [1.54, 1.807) is 0 Å². The Labute approximate surface area is 81.6 Å². The zero-order chi connectivity index (χ0) is 10.6. The molecule has 1 aromatic rings. The van der Waals surface area contributed by atoms with E-state index in [1.165, 1.54) is 24.3 Å². The molecule has 1 aromatic carbocycles. The van der Waals surface area contributed by atoms with Gasteiger partial charge in [-0.3, -0.25) is 4.18 Å². The van der Waals surface area contributed by atoms with Crippen LogP contribution in [0.4, 0.5) is 4.39 Å². The zero-order valence-corrected chi connectivity index (χ0v) is 8.25. The zero-order valence-electron chi connectivity index (χ0n) is 7.44. The molecule has 0 saturated heterocycles. The molecule has 0 atom stereocenters. The van der Waals surface area contributed by atoms with E-state index in [-0.39, 0.29) is 12.4 Å². The second-order valence-electron chi connectivity index (χ2n) is 2.46. The SMILES string of the molecule is COS(=O)(=O)OCc1ccc(F)cc1. The molecule has 0 radical (unpaired) electrons. The molecule has 14 heavy (non-hydrogen) atoms. The molecule has 0 N–H and O–H groups in total. The summed E-state index contributed by atoms with van der Waals surface area (Å²) in [6.07, 6.45) is 0. The lowest BCUT2D eigenvalue weighted by molar-refractivity contribution is 0.235. The van der Waals surface area contributed by atoms with Crippen molar-refractivity contribution in [2.24, 2.45) is 0 Å². The normalized spacial score (nSPS) is 11.6. The van der Waals surface area contributed by atoms with Crippen LogP contribution >= 0.6 is 0 Å². The van der Waals surface area contributed by atoms with Gasteiger partial charge in [0.25, 0.3) is 0 Å². The molecule has 0 amide bonds. The van der Waals surface area contributed by atoms with Crippen LogP contribution in [0.5, 0.6) is 0 Å². The van der Waals surface area contributed by atoms with E-state index in [0.29, 0.717) is 5.56 Å². The fraction of sp³-hybridized carbons (Fsp3) is 0.250. The van der Waals surface area contributed by atoms with E-state index in [1.807, 2.05) is 0 Å². The lowest BCUT2D eigenvalue weighted by Gasteiger charge is -2.02. The van der Waals surface area contributed by atoms with E-state index >= 15 is 0 Å². The molecule has 0 aromatic heterocycles. The van der Waals surface area contributed by atoms with Gasteiger partial charge in [0, 0.05) is 0 Å². The first kappa shape index (κ1) is 11.1. The maximum Gasteiger partial charge on any atom is 0.399 e. The smallest absolute Gasteiger partial charge is 0.252 e. The van der Waals surface area contributed by atoms with Gasteiger partial charge in [0.05, 0.1) is 13.7 Å². The van der Waals surface area contributed by atoms with Crippen molar-refractivity contribution in [3.05, 3.63) is 35.6 Å². The summed E-state index contributed by atoms with van der Waals surface area (Å²) in [7, 11) is -2.92. The Balaban J connectivity index is 2.59. The molecule has 0 unspecified atom stereocenters. The molecule has 78 valence electrons. The van der Waals surface area contributed by atoms with Crippen molar-refractivity contribution in [1.29, 1.82) is 0 Å². The number of halogens is 1. The van der Waals surface area contributed by atoms with Crippen LogP contribution in [0.2, 0.25) is 0 Å². The standard InChI is InChI=1S/C8H9FO4S/c1-12-14(10,11)13-6-7-2-4-8(9)5-3-7/h2-5H,6H2,1H3. The fourth-order valence-corrected chi connectivity index (χ4v) is 1.15. The lowest BCUT2D eigenvalue weighted by atomic mass is 10.2. The van der Waals surface area contributed by atoms with Crippen molar-refractivity contribution in [3.8, 4) is 0 Å². The van der Waals surface area contributed by atoms with Gasteiger partial charge in [0.2, 0.25) is 0 Å². The number of hydrogen-bond donors (Lipinski definition) is 0. The van der Waals surface area contributed by atoms with Crippen molar-refractivity contribution in [2.45, 2.75) is 6.61 Å². The number of rotatable bonds is 4. The van der Waals surface area contributed by atoms with Crippen LogP contribution in [0.15, 0.2) is 24.3 Å². The highest BCUT2D eigenvalue weighted by atomic mass is 32.3. The molecular weight excluding hydrogens is 211 g/mol. The van der Waals surface area contributed by atoms with Gasteiger partial charge in [-0.1, -0.05) is 12.1 Å². The Bertz CT molecular complexity index is 384. The quantitative estimate of drug-likeness (QED) is 0.765. The van der Waals surface area contributed by atoms with Crippen molar-refractivity contribution >= 4 is 10.4 Å². The second kappa shape index (κ2) is 4.50. The van der Waals surface area contributed by atoms with Gasteiger partial charge in [-0.05, 0) is 17.7 Å². The van der Waals surface area contributed by atoms with Gasteiger partial charge in [-0.25, -0.2) is 8.57 Å². The number of benzene rings is 1. The maximum atomic E-state index is 12.4. The van der Waals surface area contributed by atoms with E-state index < -0.39 is 10.4 Å². The Morgan fingerprint density at radius 3 is 2.36 bits per heavy atom. The molecule has 4 nitrogen and oxygen atoms in total. The minimum atomic E-state index is -3.92. The van der Waals surface area contributed by atoms with E-state index in [4.69, 9.17) is 0 Å². The summed E-state index contributed by atoms with van der Waals surface area (Å²) in [6.45, 7) is -0.170. The Morgan fingerprint density at radius 2 is 1.86 bits per heavy atom. The largest absolute Gasteiger partial charge is 0.399 e. The lowest BCUT2D eigenvalue weighted by Crippen LogP contribution is -2.07. The summed E-state index contributed by atoms with van der Waals surface area (Å²) in [4.78, 5) is 0. The van der Waals surface area contributed by atoms with Crippen molar-refractivity contribution in [1.82, 2.24) is 0 Å². The Kier molecular flexibility index (Phi) is 3.56. The number of hydrogen-bond acceptors (Lipinski definition) is 4. The van der Waals surface area contributed by atoms with E-state index in [2.05, 4.69) is 8.37 Å². The molecule has 0 saturated carbocycles. The fourth-order valence-electron chi connectivity index (χ4n) is 0.769. The van der Waals surface area contributed by atoms with Gasteiger partial charge in [-0.15, -0.1) is 0 Å². The molecule has 6 heteroatoms. The molecule has 0 spiro atoms. The third-order valence-electron chi connectivity index (χ3n) is 1.49. The van der Waals surface area contributed by atoms with Gasteiger partial charge >= 0.3 is 10.4 Å². The first-order valence-corrected chi connectivity index (χ1v) is 5.06. The molecule has 0 aliphatic heterocycles. The maximum absolute atomic E-state index is 12.4. The average molecular weight is 220 g/mol. The molecule has 1 rings (SSSR count). The topological polar surface area (TPSA) is 52.6 Å². The summed E-state index contributed by atoms with van der Waals surface area (Å²) in [5, 5.41) is 0. The summed E-state index contributed by atoms with van der Waals surface area (Å²) in [6, 6.07) is 5.30. The highest BCUT2D eigenvalue weighted by Crippen LogP contribution is 2.06. The predicted molar refractivity (Wildman–Crippen MR) is 47.1 cm³/mol. The summed E-state index contributed by atoms with van der Waals surface area (Å²) < 4.78 is 42.4. The highest BCUT2D eigenvalue weighted by Gasteiger charge is 2.08. The van der Waals surface area contributed by atoms with E-state index in [9.17, 15) is 12.8 Å². The molecule has 0 bridgehead atoms. The van der Waals surface area contributed by atoms with Gasteiger partial charge in [-0.2, -0.15) is 8.42 Å². The first-order chi connectivity index (χ1) is 6.53. The van der Waals surface area contributed by atoms with Crippen LogP contribution in [0.3, 0.4) is 0 Å². The summed E-state index contributed by atoms with van der Waals surface area (Å²) in [5.74, 6) is -0.386. The summed E-state index contributed by atoms with van der Waals surface area (Å²) in [5.41, 5.74) is 0.548. The van der Waals surface area contributed by atoms with Crippen LogP contribution in [0.25, 0.3) is 0 Å². The molecule has 0 fully saturated rings. The minimum absolute atomic E-state index is 0.170. The molecule has 0 heterocycles. The van der Waals surface area contributed by atoms with Gasteiger partial charge < -0.3 is 0 Å². The van der Waals surface area contributed by atoms with Crippen molar-refractivity contribution < 1.29 is 21.2 Å². The first-order valence-electron chi connectivity index (χ1n) is 3.73. The second-order valence-corrected chi connectivity index (χ2v) is 3.85. The van der Waals surface area contributed by atoms with Crippen LogP contribution in [0, 0.1) is 5.82 Å². The molecular formula is C8H9FO4S. The van der Waals surface area contributed by atoms with Crippen LogP contribution in [-0.2, 0) is 25.4 Å². The van der Waals surface area contributed by atoms with Crippen LogP contribution < -0.4 is 0 Å². The van der Waals surface area contributed by atoms with Gasteiger partial charge in [0.1, 0.15) is 5.82 Å². The minimum Gasteiger partial charge on any atom is -0.252 e. The average Bonchev–Trinajstić information content (AvgIpc) is 2.17. The third-order valence-corrected chi connectivity index (χ3v) is 2.30.